The predicted octanol–water partition coefficient (Wildman–Crippen LogP) is 3.19. The maximum absolute atomic E-state index is 12.1. The average Bonchev–Trinajstić information content (AvgIpc) is 2.59. The Morgan fingerprint density at radius 3 is 2.16 bits per heavy atom. The highest BCUT2D eigenvalue weighted by molar-refractivity contribution is 5.94. The quantitative estimate of drug-likeness (QED) is 0.692. The molecule has 2 rings (SSSR count). The lowest BCUT2D eigenvalue weighted by Gasteiger charge is -2.10. The lowest BCUT2D eigenvalue weighted by molar-refractivity contribution is -0.116. The van der Waals surface area contributed by atoms with Gasteiger partial charge in [0.25, 0.3) is 0 Å². The summed E-state index contributed by atoms with van der Waals surface area (Å²) < 4.78 is 0. The molecule has 2 amide bonds. The first-order valence-electron chi connectivity index (χ1n) is 8.50. The summed E-state index contributed by atoms with van der Waals surface area (Å²) >= 11 is 0. The van der Waals surface area contributed by atoms with Crippen LogP contribution in [0.5, 0.6) is 0 Å². The highest BCUT2D eigenvalue weighted by Crippen LogP contribution is 2.15. The van der Waals surface area contributed by atoms with E-state index >= 15 is 0 Å². The van der Waals surface area contributed by atoms with E-state index < -0.39 is 0 Å². The summed E-state index contributed by atoms with van der Waals surface area (Å²) in [4.78, 5) is 23.9. The first kappa shape index (κ1) is 18.7. The molecule has 3 N–H and O–H groups in total. The molecule has 2 aromatic rings. The van der Waals surface area contributed by atoms with E-state index in [1.54, 1.807) is 18.2 Å². The van der Waals surface area contributed by atoms with Crippen LogP contribution < -0.4 is 16.0 Å². The molecule has 0 heterocycles. The highest BCUT2D eigenvalue weighted by Gasteiger charge is 2.06. The van der Waals surface area contributed by atoms with Crippen molar-refractivity contribution < 1.29 is 9.59 Å². The standard InChI is InChI=1S/C20H25N3O2/c1-15(2)21-14-20(25)23-18-10-6-9-17(13-18)22-19(24)12-11-16-7-4-3-5-8-16/h3-10,13,15,21H,11-12,14H2,1-2H3,(H,22,24)(H,23,25). The Balaban J connectivity index is 1.83. The van der Waals surface area contributed by atoms with Gasteiger partial charge in [-0.1, -0.05) is 50.2 Å². The van der Waals surface area contributed by atoms with E-state index in [2.05, 4.69) is 16.0 Å². The number of amides is 2. The lowest BCUT2D eigenvalue weighted by atomic mass is 10.1. The van der Waals surface area contributed by atoms with E-state index in [9.17, 15) is 9.59 Å². The SMILES string of the molecule is CC(C)NCC(=O)Nc1cccc(NC(=O)CCc2ccccc2)c1. The number of anilines is 2. The second-order valence-corrected chi connectivity index (χ2v) is 6.20. The van der Waals surface area contributed by atoms with Crippen molar-refractivity contribution in [2.45, 2.75) is 32.7 Å². The van der Waals surface area contributed by atoms with Crippen molar-refractivity contribution in [2.24, 2.45) is 0 Å². The van der Waals surface area contributed by atoms with Crippen LogP contribution in [0.25, 0.3) is 0 Å². The van der Waals surface area contributed by atoms with Crippen LogP contribution in [0.1, 0.15) is 25.8 Å². The normalized spacial score (nSPS) is 10.5. The Hall–Kier alpha value is -2.66. The van der Waals surface area contributed by atoms with E-state index in [-0.39, 0.29) is 24.4 Å². The minimum atomic E-state index is -0.110. The van der Waals surface area contributed by atoms with E-state index in [0.29, 0.717) is 24.2 Å². The summed E-state index contributed by atoms with van der Waals surface area (Å²) in [6.45, 7) is 4.23. The van der Waals surface area contributed by atoms with Crippen molar-refractivity contribution in [2.75, 3.05) is 17.2 Å². The molecule has 5 heteroatoms. The Kier molecular flexibility index (Phi) is 7.16. The fraction of sp³-hybridized carbons (Fsp3) is 0.300. The molecule has 0 aromatic heterocycles. The number of carbonyl (C=O) groups excluding carboxylic acids is 2. The predicted molar refractivity (Wildman–Crippen MR) is 102 cm³/mol. The number of hydrogen-bond acceptors (Lipinski definition) is 3. The van der Waals surface area contributed by atoms with E-state index in [0.717, 1.165) is 5.56 Å². The van der Waals surface area contributed by atoms with Crippen LogP contribution in [0.4, 0.5) is 11.4 Å². The Morgan fingerprint density at radius 1 is 0.880 bits per heavy atom. The number of hydrogen-bond donors (Lipinski definition) is 3. The Morgan fingerprint density at radius 2 is 1.52 bits per heavy atom. The van der Waals surface area contributed by atoms with Gasteiger partial charge in [-0.3, -0.25) is 9.59 Å². The summed E-state index contributed by atoms with van der Waals surface area (Å²) in [5.41, 5.74) is 2.47. The Labute approximate surface area is 148 Å². The first-order valence-corrected chi connectivity index (χ1v) is 8.50. The topological polar surface area (TPSA) is 70.2 Å². The van der Waals surface area contributed by atoms with Crippen molar-refractivity contribution in [3.63, 3.8) is 0 Å². The number of carbonyl (C=O) groups is 2. The van der Waals surface area contributed by atoms with Crippen LogP contribution in [0.15, 0.2) is 54.6 Å². The summed E-state index contributed by atoms with van der Waals surface area (Å²) in [7, 11) is 0. The van der Waals surface area contributed by atoms with Crippen LogP contribution in [0.3, 0.4) is 0 Å². The molecule has 0 radical (unpaired) electrons. The zero-order chi connectivity index (χ0) is 18.1. The van der Waals surface area contributed by atoms with E-state index in [4.69, 9.17) is 0 Å². The summed E-state index contributed by atoms with van der Waals surface area (Å²) in [6, 6.07) is 17.3. The van der Waals surface area contributed by atoms with Gasteiger partial charge in [0.15, 0.2) is 0 Å². The monoisotopic (exact) mass is 339 g/mol. The molecule has 5 nitrogen and oxygen atoms in total. The number of nitrogens with one attached hydrogen (secondary N) is 3. The van der Waals surface area contributed by atoms with Crippen molar-refractivity contribution in [1.29, 1.82) is 0 Å². The van der Waals surface area contributed by atoms with Gasteiger partial charge in [0.2, 0.25) is 11.8 Å². The second kappa shape index (κ2) is 9.59. The van der Waals surface area contributed by atoms with Crippen LogP contribution in [0, 0.1) is 0 Å². The molecule has 0 aliphatic heterocycles. The molecule has 0 unspecified atom stereocenters. The molecule has 2 aromatic carbocycles. The van der Waals surface area contributed by atoms with Crippen LogP contribution in [0.2, 0.25) is 0 Å². The molecule has 25 heavy (non-hydrogen) atoms. The third-order valence-corrected chi connectivity index (χ3v) is 3.58. The zero-order valence-corrected chi connectivity index (χ0v) is 14.7. The van der Waals surface area contributed by atoms with Crippen molar-refractivity contribution in [3.05, 3.63) is 60.2 Å². The minimum Gasteiger partial charge on any atom is -0.326 e. The fourth-order valence-corrected chi connectivity index (χ4v) is 2.30. The van der Waals surface area contributed by atoms with Gasteiger partial charge < -0.3 is 16.0 Å². The van der Waals surface area contributed by atoms with Crippen LogP contribution in [-0.2, 0) is 16.0 Å². The molecule has 0 aliphatic rings. The minimum absolute atomic E-state index is 0.0474. The molecule has 0 fully saturated rings. The molecular formula is C20H25N3O2. The van der Waals surface area contributed by atoms with Gasteiger partial charge in [0.05, 0.1) is 6.54 Å². The average molecular weight is 339 g/mol. The molecular weight excluding hydrogens is 314 g/mol. The van der Waals surface area contributed by atoms with Gasteiger partial charge >= 0.3 is 0 Å². The fourth-order valence-electron chi connectivity index (χ4n) is 2.30. The summed E-state index contributed by atoms with van der Waals surface area (Å²) in [5, 5.41) is 8.75. The maximum Gasteiger partial charge on any atom is 0.238 e. The van der Waals surface area contributed by atoms with E-state index in [1.165, 1.54) is 0 Å². The molecule has 132 valence electrons. The number of benzene rings is 2. The van der Waals surface area contributed by atoms with Gasteiger partial charge in [-0.15, -0.1) is 0 Å². The van der Waals surface area contributed by atoms with Gasteiger partial charge in [-0.05, 0) is 30.2 Å². The van der Waals surface area contributed by atoms with Crippen molar-refractivity contribution >= 4 is 23.2 Å². The smallest absolute Gasteiger partial charge is 0.238 e. The summed E-state index contributed by atoms with van der Waals surface area (Å²) in [5.74, 6) is -0.157. The largest absolute Gasteiger partial charge is 0.326 e. The van der Waals surface area contributed by atoms with E-state index in [1.807, 2.05) is 50.2 Å². The van der Waals surface area contributed by atoms with Crippen molar-refractivity contribution in [3.8, 4) is 0 Å². The van der Waals surface area contributed by atoms with Gasteiger partial charge in [-0.25, -0.2) is 0 Å². The highest BCUT2D eigenvalue weighted by atomic mass is 16.2. The third-order valence-electron chi connectivity index (χ3n) is 3.58. The second-order valence-electron chi connectivity index (χ2n) is 6.20. The molecule has 0 saturated carbocycles. The summed E-state index contributed by atoms with van der Waals surface area (Å²) in [6.07, 6.45) is 1.11. The number of rotatable bonds is 8. The Bertz CT molecular complexity index is 699. The maximum atomic E-state index is 12.1. The van der Waals surface area contributed by atoms with Gasteiger partial charge in [-0.2, -0.15) is 0 Å². The van der Waals surface area contributed by atoms with Crippen LogP contribution >= 0.6 is 0 Å². The van der Waals surface area contributed by atoms with Gasteiger partial charge in [0, 0.05) is 23.8 Å². The molecule has 0 aliphatic carbocycles. The van der Waals surface area contributed by atoms with Crippen LogP contribution in [-0.4, -0.2) is 24.4 Å². The molecule has 0 atom stereocenters. The zero-order valence-electron chi connectivity index (χ0n) is 14.7. The molecule has 0 spiro atoms. The molecule has 0 bridgehead atoms. The third kappa shape index (κ3) is 7.18. The first-order chi connectivity index (χ1) is 12.0. The van der Waals surface area contributed by atoms with Crippen molar-refractivity contribution in [1.82, 2.24) is 5.32 Å². The lowest BCUT2D eigenvalue weighted by Crippen LogP contribution is -2.32. The van der Waals surface area contributed by atoms with Gasteiger partial charge in [0.1, 0.15) is 0 Å². The number of aryl methyl sites for hydroxylation is 1. The molecule has 0 saturated heterocycles.